The van der Waals surface area contributed by atoms with Gasteiger partial charge in [-0.05, 0) is 40.2 Å². The lowest BCUT2D eigenvalue weighted by molar-refractivity contribution is 0.0734. The second-order valence-corrected chi connectivity index (χ2v) is 5.67. The van der Waals surface area contributed by atoms with Crippen LogP contribution >= 0.6 is 50.7 Å². The summed E-state index contributed by atoms with van der Waals surface area (Å²) in [6.07, 6.45) is 0. The summed E-state index contributed by atoms with van der Waals surface area (Å²) in [4.78, 5) is 12.0. The summed E-state index contributed by atoms with van der Waals surface area (Å²) in [7, 11) is 0. The summed E-state index contributed by atoms with van der Waals surface area (Å²) in [6, 6.07) is 9.68. The third-order valence-corrected chi connectivity index (χ3v) is 3.67. The van der Waals surface area contributed by atoms with Crippen LogP contribution in [0.15, 0.2) is 40.9 Å². The van der Waals surface area contributed by atoms with E-state index in [1.54, 1.807) is 30.3 Å². The molecule has 0 spiro atoms. The van der Waals surface area contributed by atoms with Gasteiger partial charge in [0, 0.05) is 5.02 Å². The highest BCUT2D eigenvalue weighted by atomic mass is 79.9. The molecule has 0 N–H and O–H groups in total. The fourth-order valence-electron chi connectivity index (χ4n) is 1.40. The van der Waals surface area contributed by atoms with E-state index < -0.39 is 5.97 Å². The number of ether oxygens (including phenoxy) is 1. The van der Waals surface area contributed by atoms with Gasteiger partial charge in [0.05, 0.1) is 20.1 Å². The highest BCUT2D eigenvalue weighted by molar-refractivity contribution is 9.10. The molecule has 0 aliphatic rings. The van der Waals surface area contributed by atoms with E-state index in [-0.39, 0.29) is 16.3 Å². The Hall–Kier alpha value is -0.740. The number of carbonyl (C=O) groups excluding carboxylic acids is 1. The highest BCUT2D eigenvalue weighted by Crippen LogP contribution is 2.36. The average molecular weight is 380 g/mol. The average Bonchev–Trinajstić information content (AvgIpc) is 2.34. The van der Waals surface area contributed by atoms with Crippen molar-refractivity contribution in [1.82, 2.24) is 0 Å². The first-order chi connectivity index (χ1) is 8.99. The molecule has 98 valence electrons. The van der Waals surface area contributed by atoms with E-state index in [1.807, 2.05) is 0 Å². The second kappa shape index (κ2) is 6.14. The Morgan fingerprint density at radius 3 is 2.37 bits per heavy atom. The minimum Gasteiger partial charge on any atom is -0.420 e. The van der Waals surface area contributed by atoms with Crippen LogP contribution in [-0.2, 0) is 0 Å². The summed E-state index contributed by atoms with van der Waals surface area (Å²) in [5, 5.41) is 0.989. The zero-order valence-electron chi connectivity index (χ0n) is 9.29. The molecular formula is C13H6BrCl3O2. The Balaban J connectivity index is 2.32. The minimum atomic E-state index is -0.587. The van der Waals surface area contributed by atoms with Crippen LogP contribution in [0.3, 0.4) is 0 Å². The predicted molar refractivity (Wildman–Crippen MR) is 80.6 cm³/mol. The van der Waals surface area contributed by atoms with Gasteiger partial charge in [-0.25, -0.2) is 4.79 Å². The lowest BCUT2D eigenvalue weighted by atomic mass is 10.2. The molecular weight excluding hydrogens is 374 g/mol. The van der Waals surface area contributed by atoms with Gasteiger partial charge in [0.15, 0.2) is 5.75 Å². The number of esters is 1. The Bertz CT molecular complexity index is 621. The molecule has 6 heteroatoms. The van der Waals surface area contributed by atoms with Gasteiger partial charge in [-0.15, -0.1) is 0 Å². The maximum Gasteiger partial charge on any atom is 0.345 e. The van der Waals surface area contributed by atoms with Crippen LogP contribution in [0.5, 0.6) is 5.75 Å². The molecule has 0 bridgehead atoms. The lowest BCUT2D eigenvalue weighted by Crippen LogP contribution is -2.09. The second-order valence-electron chi connectivity index (χ2n) is 3.57. The van der Waals surface area contributed by atoms with Crippen molar-refractivity contribution >= 4 is 56.7 Å². The van der Waals surface area contributed by atoms with Crippen molar-refractivity contribution in [1.29, 1.82) is 0 Å². The first-order valence-electron chi connectivity index (χ1n) is 5.10. The summed E-state index contributed by atoms with van der Waals surface area (Å²) < 4.78 is 5.73. The molecule has 2 nitrogen and oxygen atoms in total. The molecule has 2 aromatic carbocycles. The maximum atomic E-state index is 12.0. The van der Waals surface area contributed by atoms with Crippen LogP contribution < -0.4 is 4.74 Å². The molecule has 0 fully saturated rings. The van der Waals surface area contributed by atoms with Crippen LogP contribution in [-0.4, -0.2) is 5.97 Å². The molecule has 0 radical (unpaired) electrons. The number of hydrogen-bond donors (Lipinski definition) is 0. The van der Waals surface area contributed by atoms with Crippen molar-refractivity contribution < 1.29 is 9.53 Å². The summed E-state index contributed by atoms with van der Waals surface area (Å²) in [5.74, 6) is -0.383. The van der Waals surface area contributed by atoms with E-state index in [4.69, 9.17) is 39.5 Å². The van der Waals surface area contributed by atoms with Crippen LogP contribution in [0.2, 0.25) is 15.1 Å². The third-order valence-electron chi connectivity index (χ3n) is 2.25. The number of hydrogen-bond acceptors (Lipinski definition) is 2. The van der Waals surface area contributed by atoms with Gasteiger partial charge in [-0.3, -0.25) is 0 Å². The predicted octanol–water partition coefficient (Wildman–Crippen LogP) is 5.63. The van der Waals surface area contributed by atoms with Crippen LogP contribution in [0.1, 0.15) is 10.4 Å². The molecule has 0 saturated carbocycles. The summed E-state index contributed by atoms with van der Waals surface area (Å²) in [5.41, 5.74) is 0.266. The molecule has 2 aromatic rings. The van der Waals surface area contributed by atoms with Crippen molar-refractivity contribution in [3.63, 3.8) is 0 Å². The molecule has 0 amide bonds. The van der Waals surface area contributed by atoms with E-state index in [0.29, 0.717) is 14.5 Å². The lowest BCUT2D eigenvalue weighted by Gasteiger charge is -2.09. The molecule has 0 aromatic heterocycles. The minimum absolute atomic E-state index is 0.205. The monoisotopic (exact) mass is 378 g/mol. The molecule has 19 heavy (non-hydrogen) atoms. The first kappa shape index (κ1) is 14.7. The summed E-state index contributed by atoms with van der Waals surface area (Å²) in [6.45, 7) is 0. The van der Waals surface area contributed by atoms with E-state index in [1.165, 1.54) is 6.07 Å². The van der Waals surface area contributed by atoms with Crippen molar-refractivity contribution in [3.05, 3.63) is 61.5 Å². The van der Waals surface area contributed by atoms with Crippen molar-refractivity contribution in [2.45, 2.75) is 0 Å². The van der Waals surface area contributed by atoms with Gasteiger partial charge >= 0.3 is 5.97 Å². The van der Waals surface area contributed by atoms with Crippen molar-refractivity contribution in [3.8, 4) is 5.75 Å². The molecule has 0 aliphatic carbocycles. The van der Waals surface area contributed by atoms with E-state index >= 15 is 0 Å². The van der Waals surface area contributed by atoms with Gasteiger partial charge in [-0.1, -0.05) is 46.9 Å². The Labute approximate surface area is 133 Å². The Kier molecular flexibility index (Phi) is 4.74. The molecule has 0 saturated heterocycles. The molecule has 0 atom stereocenters. The number of halogens is 4. The van der Waals surface area contributed by atoms with Crippen molar-refractivity contribution in [2.24, 2.45) is 0 Å². The van der Waals surface area contributed by atoms with Gasteiger partial charge in [-0.2, -0.15) is 0 Å². The quantitative estimate of drug-likeness (QED) is 0.499. The molecule has 0 unspecified atom stereocenters. The summed E-state index contributed by atoms with van der Waals surface area (Å²) >= 11 is 21.0. The zero-order valence-corrected chi connectivity index (χ0v) is 13.1. The van der Waals surface area contributed by atoms with Gasteiger partial charge in [0.25, 0.3) is 0 Å². The van der Waals surface area contributed by atoms with Gasteiger partial charge in [0.1, 0.15) is 0 Å². The smallest absolute Gasteiger partial charge is 0.345 e. The number of benzene rings is 2. The largest absolute Gasteiger partial charge is 0.420 e. The third kappa shape index (κ3) is 3.42. The number of rotatable bonds is 2. The number of carbonyl (C=O) groups is 1. The fraction of sp³-hybridized carbons (Fsp3) is 0. The van der Waals surface area contributed by atoms with Crippen LogP contribution in [0, 0.1) is 0 Å². The molecule has 2 rings (SSSR count). The first-order valence-corrected chi connectivity index (χ1v) is 7.03. The topological polar surface area (TPSA) is 26.3 Å². The van der Waals surface area contributed by atoms with Gasteiger partial charge < -0.3 is 4.74 Å². The molecule has 0 heterocycles. The maximum absolute atomic E-state index is 12.0. The van der Waals surface area contributed by atoms with E-state index in [0.717, 1.165) is 0 Å². The zero-order chi connectivity index (χ0) is 14.0. The normalized spacial score (nSPS) is 10.3. The molecule has 0 aliphatic heterocycles. The standard InChI is InChI=1S/C13H6BrCl3O2/c14-9-5-7(15)6-11(17)12(9)19-13(18)8-3-1-2-4-10(8)16/h1-6H. The van der Waals surface area contributed by atoms with E-state index in [9.17, 15) is 4.79 Å². The SMILES string of the molecule is O=C(Oc1c(Cl)cc(Cl)cc1Br)c1ccccc1Cl. The van der Waals surface area contributed by atoms with Crippen LogP contribution in [0.25, 0.3) is 0 Å². The Morgan fingerprint density at radius 2 is 1.74 bits per heavy atom. The van der Waals surface area contributed by atoms with E-state index in [2.05, 4.69) is 15.9 Å². The van der Waals surface area contributed by atoms with Crippen LogP contribution in [0.4, 0.5) is 0 Å². The Morgan fingerprint density at radius 1 is 1.05 bits per heavy atom. The highest BCUT2D eigenvalue weighted by Gasteiger charge is 2.16. The van der Waals surface area contributed by atoms with Crippen molar-refractivity contribution in [2.75, 3.05) is 0 Å². The fourth-order valence-corrected chi connectivity index (χ4v) is 2.93. The van der Waals surface area contributed by atoms with Gasteiger partial charge in [0.2, 0.25) is 0 Å².